The van der Waals surface area contributed by atoms with Gasteiger partial charge in [-0.3, -0.25) is 4.79 Å². The molecule has 86 valence electrons. The first-order valence-corrected chi connectivity index (χ1v) is 5.20. The van der Waals surface area contributed by atoms with Gasteiger partial charge in [-0.15, -0.1) is 0 Å². The highest BCUT2D eigenvalue weighted by Crippen LogP contribution is 2.15. The van der Waals surface area contributed by atoms with E-state index in [-0.39, 0.29) is 18.3 Å². The summed E-state index contributed by atoms with van der Waals surface area (Å²) in [5, 5.41) is 0. The van der Waals surface area contributed by atoms with Gasteiger partial charge in [0, 0.05) is 18.8 Å². The molecular formula is C11H13FN2O2. The predicted molar refractivity (Wildman–Crippen MR) is 55.6 cm³/mol. The van der Waals surface area contributed by atoms with E-state index in [1.165, 1.54) is 6.07 Å². The number of aryl methyl sites for hydroxylation is 1. The molecule has 0 radical (unpaired) electrons. The van der Waals surface area contributed by atoms with Crippen LogP contribution in [0.15, 0.2) is 12.1 Å². The van der Waals surface area contributed by atoms with Crippen molar-refractivity contribution < 1.29 is 13.9 Å². The molecular weight excluding hydrogens is 211 g/mol. The fraction of sp³-hybridized carbons (Fsp3) is 0.455. The summed E-state index contributed by atoms with van der Waals surface area (Å²) in [5.41, 5.74) is 0.582. The molecule has 0 atom stereocenters. The molecule has 5 heteroatoms. The summed E-state index contributed by atoms with van der Waals surface area (Å²) < 4.78 is 18.3. The van der Waals surface area contributed by atoms with Gasteiger partial charge >= 0.3 is 0 Å². The highest BCUT2D eigenvalue weighted by molar-refractivity contribution is 5.78. The first-order valence-electron chi connectivity index (χ1n) is 5.20. The zero-order valence-corrected chi connectivity index (χ0v) is 9.07. The molecule has 1 aliphatic rings. The standard InChI is InChI=1S/C11H13FN2O2/c1-8-3-4-9(11(12)13-8)16-7-10(15)14-5-2-6-14/h3-4H,2,5-7H2,1H3. The molecule has 1 fully saturated rings. The lowest BCUT2D eigenvalue weighted by atomic mass is 10.2. The molecule has 0 aromatic carbocycles. The molecule has 1 aliphatic heterocycles. The Morgan fingerprint density at radius 2 is 2.31 bits per heavy atom. The van der Waals surface area contributed by atoms with Crippen LogP contribution in [0.1, 0.15) is 12.1 Å². The van der Waals surface area contributed by atoms with Gasteiger partial charge in [-0.1, -0.05) is 0 Å². The average Bonchev–Trinajstić information content (AvgIpc) is 2.13. The van der Waals surface area contributed by atoms with E-state index in [1.54, 1.807) is 17.9 Å². The van der Waals surface area contributed by atoms with Crippen LogP contribution in [0, 0.1) is 12.9 Å². The topological polar surface area (TPSA) is 42.4 Å². The maximum Gasteiger partial charge on any atom is 0.260 e. The van der Waals surface area contributed by atoms with Crippen molar-refractivity contribution in [1.82, 2.24) is 9.88 Å². The molecule has 0 saturated carbocycles. The molecule has 0 aliphatic carbocycles. The Balaban J connectivity index is 1.91. The Morgan fingerprint density at radius 3 is 2.88 bits per heavy atom. The average molecular weight is 224 g/mol. The number of pyridine rings is 1. The minimum Gasteiger partial charge on any atom is -0.479 e. The molecule has 1 amide bonds. The Bertz CT molecular complexity index is 405. The van der Waals surface area contributed by atoms with E-state index >= 15 is 0 Å². The quantitative estimate of drug-likeness (QED) is 0.723. The third-order valence-electron chi connectivity index (χ3n) is 2.51. The van der Waals surface area contributed by atoms with Crippen LogP contribution in [0.3, 0.4) is 0 Å². The van der Waals surface area contributed by atoms with Crippen LogP contribution >= 0.6 is 0 Å². The predicted octanol–water partition coefficient (Wildman–Crippen LogP) is 1.14. The minimum absolute atomic E-state index is 0.0273. The Labute approximate surface area is 93.0 Å². The van der Waals surface area contributed by atoms with Crippen molar-refractivity contribution in [3.05, 3.63) is 23.8 Å². The number of hydrogen-bond acceptors (Lipinski definition) is 3. The lowest BCUT2D eigenvalue weighted by molar-refractivity contribution is -0.136. The van der Waals surface area contributed by atoms with E-state index in [0.29, 0.717) is 5.69 Å². The number of likely N-dealkylation sites (tertiary alicyclic amines) is 1. The number of carbonyl (C=O) groups excluding carboxylic acids is 1. The smallest absolute Gasteiger partial charge is 0.260 e. The van der Waals surface area contributed by atoms with E-state index in [4.69, 9.17) is 4.74 Å². The second-order valence-corrected chi connectivity index (χ2v) is 3.76. The number of rotatable bonds is 3. The zero-order valence-electron chi connectivity index (χ0n) is 9.07. The molecule has 0 bridgehead atoms. The van der Waals surface area contributed by atoms with Crippen molar-refractivity contribution in [3.63, 3.8) is 0 Å². The highest BCUT2D eigenvalue weighted by atomic mass is 19.1. The van der Waals surface area contributed by atoms with Crippen LogP contribution in [0.25, 0.3) is 0 Å². The monoisotopic (exact) mass is 224 g/mol. The molecule has 4 nitrogen and oxygen atoms in total. The van der Waals surface area contributed by atoms with E-state index in [2.05, 4.69) is 4.98 Å². The molecule has 0 unspecified atom stereocenters. The molecule has 1 aromatic rings. The van der Waals surface area contributed by atoms with Crippen LogP contribution in [0.5, 0.6) is 5.75 Å². The van der Waals surface area contributed by atoms with E-state index in [0.717, 1.165) is 19.5 Å². The van der Waals surface area contributed by atoms with Gasteiger partial charge in [-0.25, -0.2) is 4.98 Å². The van der Waals surface area contributed by atoms with Gasteiger partial charge in [-0.05, 0) is 25.5 Å². The normalized spacial score (nSPS) is 14.5. The lowest BCUT2D eigenvalue weighted by Crippen LogP contribution is -2.44. The van der Waals surface area contributed by atoms with Crippen LogP contribution in [0.4, 0.5) is 4.39 Å². The van der Waals surface area contributed by atoms with E-state index < -0.39 is 5.95 Å². The second-order valence-electron chi connectivity index (χ2n) is 3.76. The summed E-state index contributed by atoms with van der Waals surface area (Å²) in [4.78, 5) is 16.7. The third-order valence-corrected chi connectivity index (χ3v) is 2.51. The lowest BCUT2D eigenvalue weighted by Gasteiger charge is -2.30. The first-order chi connectivity index (χ1) is 7.66. The molecule has 0 N–H and O–H groups in total. The Morgan fingerprint density at radius 1 is 1.56 bits per heavy atom. The summed E-state index contributed by atoms with van der Waals surface area (Å²) in [6, 6.07) is 3.13. The summed E-state index contributed by atoms with van der Waals surface area (Å²) in [6.45, 7) is 3.12. The number of carbonyl (C=O) groups is 1. The highest BCUT2D eigenvalue weighted by Gasteiger charge is 2.20. The van der Waals surface area contributed by atoms with Crippen molar-refractivity contribution in [1.29, 1.82) is 0 Å². The number of aromatic nitrogens is 1. The van der Waals surface area contributed by atoms with Gasteiger partial charge in [0.15, 0.2) is 12.4 Å². The number of nitrogens with zero attached hydrogens (tertiary/aromatic N) is 2. The Hall–Kier alpha value is -1.65. The van der Waals surface area contributed by atoms with Gasteiger partial charge < -0.3 is 9.64 Å². The maximum atomic E-state index is 13.2. The summed E-state index contributed by atoms with van der Waals surface area (Å²) in [7, 11) is 0. The van der Waals surface area contributed by atoms with Gasteiger partial charge in [0.2, 0.25) is 0 Å². The summed E-state index contributed by atoms with van der Waals surface area (Å²) in [5.74, 6) is -0.748. The third kappa shape index (κ3) is 2.29. The number of hydrogen-bond donors (Lipinski definition) is 0. The van der Waals surface area contributed by atoms with Crippen LogP contribution in [-0.4, -0.2) is 35.5 Å². The molecule has 2 rings (SSSR count). The van der Waals surface area contributed by atoms with E-state index in [1.807, 2.05) is 0 Å². The van der Waals surface area contributed by atoms with Crippen LogP contribution < -0.4 is 4.74 Å². The first kappa shape index (κ1) is 10.9. The van der Waals surface area contributed by atoms with Gasteiger partial charge in [0.1, 0.15) is 0 Å². The Kier molecular flexibility index (Phi) is 3.03. The minimum atomic E-state index is -0.670. The molecule has 16 heavy (non-hydrogen) atoms. The maximum absolute atomic E-state index is 13.2. The molecule has 2 heterocycles. The van der Waals surface area contributed by atoms with Crippen LogP contribution in [0.2, 0.25) is 0 Å². The van der Waals surface area contributed by atoms with Gasteiger partial charge in [0.05, 0.1) is 0 Å². The fourth-order valence-corrected chi connectivity index (χ4v) is 1.42. The number of amides is 1. The number of ether oxygens (including phenoxy) is 1. The number of halogens is 1. The van der Waals surface area contributed by atoms with Crippen molar-refractivity contribution in [2.75, 3.05) is 19.7 Å². The largest absolute Gasteiger partial charge is 0.479 e. The SMILES string of the molecule is Cc1ccc(OCC(=O)N2CCC2)c(F)n1. The zero-order chi connectivity index (χ0) is 11.5. The van der Waals surface area contributed by atoms with Gasteiger partial charge in [-0.2, -0.15) is 4.39 Å². The van der Waals surface area contributed by atoms with Crippen molar-refractivity contribution in [2.24, 2.45) is 0 Å². The van der Waals surface area contributed by atoms with Crippen LogP contribution in [-0.2, 0) is 4.79 Å². The fourth-order valence-electron chi connectivity index (χ4n) is 1.42. The molecule has 1 saturated heterocycles. The molecule has 0 spiro atoms. The van der Waals surface area contributed by atoms with E-state index in [9.17, 15) is 9.18 Å². The summed E-state index contributed by atoms with van der Waals surface area (Å²) >= 11 is 0. The van der Waals surface area contributed by atoms with Crippen molar-refractivity contribution in [2.45, 2.75) is 13.3 Å². The molecule has 1 aromatic heterocycles. The van der Waals surface area contributed by atoms with Crippen molar-refractivity contribution in [3.8, 4) is 5.75 Å². The summed E-state index contributed by atoms with van der Waals surface area (Å²) in [6.07, 6.45) is 1.03. The van der Waals surface area contributed by atoms with Crippen molar-refractivity contribution >= 4 is 5.91 Å². The second kappa shape index (κ2) is 4.47. The van der Waals surface area contributed by atoms with Gasteiger partial charge in [0.25, 0.3) is 11.9 Å².